The van der Waals surface area contributed by atoms with E-state index in [9.17, 15) is 0 Å². The number of methoxy groups -OCH3 is 2. The van der Waals surface area contributed by atoms with Crippen LogP contribution in [0.15, 0.2) is 24.4 Å². The van der Waals surface area contributed by atoms with Gasteiger partial charge < -0.3 is 14.4 Å². The fourth-order valence-electron chi connectivity index (χ4n) is 5.32. The second kappa shape index (κ2) is 7.56. The Labute approximate surface area is 188 Å². The van der Waals surface area contributed by atoms with Crippen molar-refractivity contribution in [3.8, 4) is 22.8 Å². The van der Waals surface area contributed by atoms with Crippen LogP contribution in [0.1, 0.15) is 36.9 Å². The van der Waals surface area contributed by atoms with Crippen LogP contribution in [-0.4, -0.2) is 37.3 Å². The quantitative estimate of drug-likeness (QED) is 0.503. The van der Waals surface area contributed by atoms with E-state index in [0.717, 1.165) is 57.9 Å². The SMILES string of the molecule is COc1cc(OC)c(Cl)c(-c2cc3cnc(C)cc3c(N3CC4(CCCC4)C3)n2)c1C. The second-order valence-corrected chi connectivity index (χ2v) is 9.41. The minimum atomic E-state index is 0.485. The topological polar surface area (TPSA) is 47.5 Å². The molecular formula is C25H28ClN3O2. The van der Waals surface area contributed by atoms with Crippen LogP contribution in [0.4, 0.5) is 5.82 Å². The lowest BCUT2D eigenvalue weighted by molar-refractivity contribution is 0.221. The van der Waals surface area contributed by atoms with Gasteiger partial charge in [-0.05, 0) is 38.8 Å². The van der Waals surface area contributed by atoms with E-state index in [-0.39, 0.29) is 0 Å². The van der Waals surface area contributed by atoms with E-state index in [1.807, 2.05) is 26.1 Å². The lowest BCUT2D eigenvalue weighted by Gasteiger charge is -2.49. The summed E-state index contributed by atoms with van der Waals surface area (Å²) >= 11 is 6.78. The molecule has 3 aromatic rings. The molecule has 162 valence electrons. The molecule has 3 heterocycles. The van der Waals surface area contributed by atoms with Gasteiger partial charge in [0.25, 0.3) is 0 Å². The fourth-order valence-corrected chi connectivity index (χ4v) is 5.69. The van der Waals surface area contributed by atoms with E-state index >= 15 is 0 Å². The summed E-state index contributed by atoms with van der Waals surface area (Å²) in [7, 11) is 3.28. The number of hydrogen-bond donors (Lipinski definition) is 0. The number of pyridine rings is 2. The summed E-state index contributed by atoms with van der Waals surface area (Å²) in [5, 5.41) is 2.76. The number of hydrogen-bond acceptors (Lipinski definition) is 5. The predicted octanol–water partition coefficient (Wildman–Crippen LogP) is 5.96. The van der Waals surface area contributed by atoms with Gasteiger partial charge in [-0.25, -0.2) is 4.98 Å². The molecule has 5 rings (SSSR count). The van der Waals surface area contributed by atoms with Gasteiger partial charge in [-0.1, -0.05) is 24.4 Å². The van der Waals surface area contributed by atoms with E-state index in [2.05, 4.69) is 22.0 Å². The van der Waals surface area contributed by atoms with Crippen LogP contribution in [-0.2, 0) is 0 Å². The first kappa shape index (κ1) is 20.4. The van der Waals surface area contributed by atoms with Gasteiger partial charge in [-0.15, -0.1) is 0 Å². The lowest BCUT2D eigenvalue weighted by atomic mass is 9.78. The second-order valence-electron chi connectivity index (χ2n) is 9.04. The van der Waals surface area contributed by atoms with Gasteiger partial charge in [0.15, 0.2) is 0 Å². The van der Waals surface area contributed by atoms with E-state index < -0.39 is 0 Å². The van der Waals surface area contributed by atoms with Crippen LogP contribution < -0.4 is 14.4 Å². The van der Waals surface area contributed by atoms with E-state index in [1.165, 1.54) is 25.7 Å². The maximum atomic E-state index is 6.78. The maximum absolute atomic E-state index is 6.78. The number of halogens is 1. The zero-order chi connectivity index (χ0) is 21.8. The highest BCUT2D eigenvalue weighted by Crippen LogP contribution is 2.49. The van der Waals surface area contributed by atoms with E-state index in [1.54, 1.807) is 14.2 Å². The molecule has 0 radical (unpaired) electrons. The Morgan fingerprint density at radius 2 is 1.71 bits per heavy atom. The zero-order valence-corrected chi connectivity index (χ0v) is 19.3. The molecule has 2 aliphatic rings. The molecule has 1 saturated heterocycles. The predicted molar refractivity (Wildman–Crippen MR) is 126 cm³/mol. The number of nitrogens with zero attached hydrogens (tertiary/aromatic N) is 3. The van der Waals surface area contributed by atoms with Crippen LogP contribution in [0.3, 0.4) is 0 Å². The molecule has 1 saturated carbocycles. The number of ether oxygens (including phenoxy) is 2. The highest BCUT2D eigenvalue weighted by Gasteiger charge is 2.45. The van der Waals surface area contributed by atoms with Crippen LogP contribution in [0, 0.1) is 19.3 Å². The van der Waals surface area contributed by atoms with Crippen molar-refractivity contribution in [3.05, 3.63) is 40.7 Å². The standard InChI is InChI=1S/C25H28ClN3O2/c1-15-9-18-17(12-27-15)10-19(22-16(2)20(30-3)11-21(31-4)23(22)26)28-24(18)29-13-25(14-29)7-5-6-8-25/h9-12H,5-8,13-14H2,1-4H3. The Bertz CT molecular complexity index is 1140. The third-order valence-electron chi connectivity index (χ3n) is 6.99. The highest BCUT2D eigenvalue weighted by atomic mass is 35.5. The molecule has 0 unspecified atom stereocenters. The van der Waals surface area contributed by atoms with Crippen LogP contribution in [0.25, 0.3) is 22.0 Å². The van der Waals surface area contributed by atoms with Crippen molar-refractivity contribution in [2.24, 2.45) is 5.41 Å². The molecule has 1 spiro atoms. The average molecular weight is 438 g/mol. The molecule has 1 aliphatic heterocycles. The minimum Gasteiger partial charge on any atom is -0.496 e. The van der Waals surface area contributed by atoms with Crippen LogP contribution in [0.2, 0.25) is 5.02 Å². The number of anilines is 1. The summed E-state index contributed by atoms with van der Waals surface area (Å²) in [5.41, 5.74) is 4.09. The van der Waals surface area contributed by atoms with Crippen molar-refractivity contribution >= 4 is 28.2 Å². The number of aromatic nitrogens is 2. The van der Waals surface area contributed by atoms with E-state index in [4.69, 9.17) is 26.1 Å². The first-order valence-electron chi connectivity index (χ1n) is 10.9. The number of fused-ring (bicyclic) bond motifs is 1. The first-order valence-corrected chi connectivity index (χ1v) is 11.3. The average Bonchev–Trinajstić information content (AvgIpc) is 3.23. The van der Waals surface area contributed by atoms with Gasteiger partial charge in [-0.3, -0.25) is 4.98 Å². The van der Waals surface area contributed by atoms with Gasteiger partial charge in [-0.2, -0.15) is 0 Å². The summed E-state index contributed by atoms with van der Waals surface area (Å²) in [5.74, 6) is 2.34. The molecule has 0 N–H and O–H groups in total. The molecule has 1 aliphatic carbocycles. The number of benzene rings is 1. The maximum Gasteiger partial charge on any atom is 0.141 e. The van der Waals surface area contributed by atoms with Crippen molar-refractivity contribution in [3.63, 3.8) is 0 Å². The van der Waals surface area contributed by atoms with Gasteiger partial charge in [0.05, 0.1) is 24.9 Å². The van der Waals surface area contributed by atoms with Crippen LogP contribution in [0.5, 0.6) is 11.5 Å². The third-order valence-corrected chi connectivity index (χ3v) is 7.36. The van der Waals surface area contributed by atoms with Gasteiger partial charge in [0, 0.05) is 58.4 Å². The van der Waals surface area contributed by atoms with Crippen LogP contribution >= 0.6 is 11.6 Å². The summed E-state index contributed by atoms with van der Waals surface area (Å²) in [6.45, 7) is 6.19. The highest BCUT2D eigenvalue weighted by molar-refractivity contribution is 6.35. The number of rotatable bonds is 4. The zero-order valence-electron chi connectivity index (χ0n) is 18.6. The summed E-state index contributed by atoms with van der Waals surface area (Å²) in [6, 6.07) is 6.04. The molecule has 1 aromatic carbocycles. The number of aryl methyl sites for hydroxylation is 1. The van der Waals surface area contributed by atoms with Crippen molar-refractivity contribution in [1.29, 1.82) is 0 Å². The molecular weight excluding hydrogens is 410 g/mol. The summed E-state index contributed by atoms with van der Waals surface area (Å²) in [6.07, 6.45) is 7.30. The fraction of sp³-hybridized carbons (Fsp3) is 0.440. The van der Waals surface area contributed by atoms with E-state index in [0.29, 0.717) is 16.2 Å². The Kier molecular flexibility index (Phi) is 4.97. The third kappa shape index (κ3) is 3.30. The monoisotopic (exact) mass is 437 g/mol. The lowest BCUT2D eigenvalue weighted by Crippen LogP contribution is -2.55. The molecule has 6 heteroatoms. The van der Waals surface area contributed by atoms with Crippen molar-refractivity contribution in [2.45, 2.75) is 39.5 Å². The van der Waals surface area contributed by atoms with Crippen molar-refractivity contribution < 1.29 is 9.47 Å². The van der Waals surface area contributed by atoms with Gasteiger partial charge in [0.2, 0.25) is 0 Å². The summed E-state index contributed by atoms with van der Waals surface area (Å²) < 4.78 is 11.1. The largest absolute Gasteiger partial charge is 0.496 e. The molecule has 0 atom stereocenters. The van der Waals surface area contributed by atoms with Gasteiger partial charge in [0.1, 0.15) is 17.3 Å². The Balaban J connectivity index is 1.69. The Morgan fingerprint density at radius 1 is 1.00 bits per heavy atom. The molecule has 31 heavy (non-hydrogen) atoms. The first-order chi connectivity index (χ1) is 14.9. The molecule has 2 aromatic heterocycles. The van der Waals surface area contributed by atoms with Crippen molar-refractivity contribution in [1.82, 2.24) is 9.97 Å². The summed E-state index contributed by atoms with van der Waals surface area (Å²) in [4.78, 5) is 12.1. The molecule has 0 bridgehead atoms. The smallest absolute Gasteiger partial charge is 0.141 e. The normalized spacial score (nSPS) is 17.3. The van der Waals surface area contributed by atoms with Crippen molar-refractivity contribution in [2.75, 3.05) is 32.2 Å². The Morgan fingerprint density at radius 3 is 2.39 bits per heavy atom. The molecule has 5 nitrogen and oxygen atoms in total. The molecule has 0 amide bonds. The minimum absolute atomic E-state index is 0.485. The molecule has 2 fully saturated rings. The van der Waals surface area contributed by atoms with Gasteiger partial charge >= 0.3 is 0 Å². The Hall–Kier alpha value is -2.53.